The number of ether oxygens (including phenoxy) is 1. The lowest BCUT2D eigenvalue weighted by Gasteiger charge is -2.27. The number of fused-ring (bicyclic) bond motifs is 2. The van der Waals surface area contributed by atoms with Crippen molar-refractivity contribution < 1.29 is 17.9 Å². The lowest BCUT2D eigenvalue weighted by Crippen LogP contribution is -2.32. The predicted molar refractivity (Wildman–Crippen MR) is 130 cm³/mol. The maximum absolute atomic E-state index is 14.0. The van der Waals surface area contributed by atoms with Crippen molar-refractivity contribution in [2.45, 2.75) is 37.9 Å². The molecular formula is C26H31F3N6O. The molecule has 1 saturated carbocycles. The summed E-state index contributed by atoms with van der Waals surface area (Å²) in [6.07, 6.45) is 1.43. The van der Waals surface area contributed by atoms with Gasteiger partial charge >= 0.3 is 6.18 Å². The molecule has 3 fully saturated rings. The van der Waals surface area contributed by atoms with Gasteiger partial charge in [0.2, 0.25) is 0 Å². The summed E-state index contributed by atoms with van der Waals surface area (Å²) in [4.78, 5) is 2.58. The van der Waals surface area contributed by atoms with Crippen molar-refractivity contribution in [1.82, 2.24) is 24.9 Å². The topological polar surface area (TPSA) is 68.1 Å². The van der Waals surface area contributed by atoms with Gasteiger partial charge in [0.25, 0.3) is 0 Å². The fourth-order valence-corrected chi connectivity index (χ4v) is 6.36. The minimum absolute atomic E-state index is 0.123. The van der Waals surface area contributed by atoms with Crippen molar-refractivity contribution in [2.75, 3.05) is 38.2 Å². The van der Waals surface area contributed by atoms with Gasteiger partial charge < -0.3 is 15.0 Å². The van der Waals surface area contributed by atoms with Gasteiger partial charge in [0.1, 0.15) is 11.5 Å². The second-order valence-corrected chi connectivity index (χ2v) is 10.7. The first-order valence-corrected chi connectivity index (χ1v) is 12.8. The number of benzene rings is 1. The Kier molecular flexibility index (Phi) is 6.11. The average Bonchev–Trinajstić information content (AvgIpc) is 3.50. The van der Waals surface area contributed by atoms with E-state index in [0.717, 1.165) is 81.4 Å². The van der Waals surface area contributed by atoms with E-state index in [2.05, 4.69) is 25.5 Å². The van der Waals surface area contributed by atoms with Gasteiger partial charge in [-0.25, -0.2) is 0 Å². The zero-order valence-electron chi connectivity index (χ0n) is 20.3. The quantitative estimate of drug-likeness (QED) is 0.553. The van der Waals surface area contributed by atoms with Crippen LogP contribution in [0.2, 0.25) is 0 Å². The van der Waals surface area contributed by atoms with Crippen LogP contribution in [0.25, 0.3) is 22.2 Å². The zero-order valence-corrected chi connectivity index (χ0v) is 20.3. The summed E-state index contributed by atoms with van der Waals surface area (Å²) in [5.74, 6) is 2.09. The first kappa shape index (κ1) is 23.7. The van der Waals surface area contributed by atoms with E-state index in [4.69, 9.17) is 4.74 Å². The van der Waals surface area contributed by atoms with Crippen LogP contribution in [0.15, 0.2) is 30.5 Å². The van der Waals surface area contributed by atoms with Crippen molar-refractivity contribution in [3.05, 3.63) is 36.0 Å². The van der Waals surface area contributed by atoms with Gasteiger partial charge in [-0.05, 0) is 61.6 Å². The summed E-state index contributed by atoms with van der Waals surface area (Å²) in [6.45, 7) is 5.04. The second-order valence-electron chi connectivity index (χ2n) is 10.7. The number of alkyl halides is 3. The molecule has 36 heavy (non-hydrogen) atoms. The van der Waals surface area contributed by atoms with E-state index in [1.807, 2.05) is 0 Å². The van der Waals surface area contributed by atoms with Gasteiger partial charge in [0.15, 0.2) is 0 Å². The fraction of sp³-hybridized carbons (Fsp3) is 0.577. The molecule has 0 radical (unpaired) electrons. The molecular weight excluding hydrogens is 469 g/mol. The van der Waals surface area contributed by atoms with E-state index in [-0.39, 0.29) is 17.6 Å². The molecule has 7 nitrogen and oxygen atoms in total. The maximum atomic E-state index is 14.0. The molecule has 1 N–H and O–H groups in total. The number of nitrogens with zero attached hydrogens (tertiary/aromatic N) is 5. The summed E-state index contributed by atoms with van der Waals surface area (Å²) in [5, 5.41) is 16.5. The van der Waals surface area contributed by atoms with Crippen LogP contribution in [-0.4, -0.2) is 63.8 Å². The Morgan fingerprint density at radius 1 is 1.06 bits per heavy atom. The van der Waals surface area contributed by atoms with E-state index in [0.29, 0.717) is 17.4 Å². The molecule has 1 aliphatic carbocycles. The lowest BCUT2D eigenvalue weighted by molar-refractivity contribution is -0.137. The third-order valence-corrected chi connectivity index (χ3v) is 8.03. The standard InChI is InChI=1S/C26H31F3N6O/c1-34-13-20-8-17(2-3-23(20)33-34)25-22(26(27,28)29)11-24(31-32-25)30-21-9-18-14-35(15-19(18)10-21)12-16-4-6-36-7-5-16/h2-3,8,11,13,16,18-19,21H,4-7,9-10,12,14-15H2,1H3,(H,30,31)/t18-,19?,21+/m1/s1. The summed E-state index contributed by atoms with van der Waals surface area (Å²) < 4.78 is 49.2. The molecule has 4 heterocycles. The predicted octanol–water partition coefficient (Wildman–Crippen LogP) is 4.60. The number of nitrogens with one attached hydrogen (secondary N) is 1. The van der Waals surface area contributed by atoms with Crippen LogP contribution in [0.5, 0.6) is 0 Å². The molecule has 0 bridgehead atoms. The summed E-state index contributed by atoms with van der Waals surface area (Å²) in [7, 11) is 1.78. The number of likely N-dealkylation sites (tertiary alicyclic amines) is 1. The third kappa shape index (κ3) is 4.80. The van der Waals surface area contributed by atoms with Gasteiger partial charge in [-0.1, -0.05) is 6.07 Å². The first-order chi connectivity index (χ1) is 17.3. The van der Waals surface area contributed by atoms with E-state index >= 15 is 0 Å². The highest BCUT2D eigenvalue weighted by molar-refractivity contribution is 5.84. The lowest BCUT2D eigenvalue weighted by atomic mass is 10.00. The highest BCUT2D eigenvalue weighted by Crippen LogP contribution is 2.41. The molecule has 3 aromatic rings. The molecule has 3 aliphatic rings. The highest BCUT2D eigenvalue weighted by Gasteiger charge is 2.42. The van der Waals surface area contributed by atoms with Crippen LogP contribution in [0.1, 0.15) is 31.2 Å². The number of aromatic nitrogens is 4. The van der Waals surface area contributed by atoms with Crippen molar-refractivity contribution in [1.29, 1.82) is 0 Å². The summed E-state index contributed by atoms with van der Waals surface area (Å²) in [6, 6.07) is 6.24. The van der Waals surface area contributed by atoms with Gasteiger partial charge in [-0.3, -0.25) is 4.68 Å². The molecule has 0 amide bonds. The number of rotatable bonds is 5. The summed E-state index contributed by atoms with van der Waals surface area (Å²) in [5.41, 5.74) is 0.163. The SMILES string of the molecule is Cn1cc2cc(-c3nnc(N[C@@H]4CC5CN(CC6CCOCC6)C[C@H]5C4)cc3C(F)(F)F)ccc2n1. The first-order valence-electron chi connectivity index (χ1n) is 12.8. The Hall–Kier alpha value is -2.72. The largest absolute Gasteiger partial charge is 0.418 e. The van der Waals surface area contributed by atoms with Crippen LogP contribution >= 0.6 is 0 Å². The Morgan fingerprint density at radius 2 is 1.81 bits per heavy atom. The number of halogens is 3. The van der Waals surface area contributed by atoms with Crippen LogP contribution in [0.4, 0.5) is 19.0 Å². The molecule has 192 valence electrons. The number of hydrogen-bond donors (Lipinski definition) is 1. The third-order valence-electron chi connectivity index (χ3n) is 8.03. The number of aryl methyl sites for hydroxylation is 1. The molecule has 1 aromatic carbocycles. The molecule has 1 unspecified atom stereocenters. The highest BCUT2D eigenvalue weighted by atomic mass is 19.4. The Bertz CT molecular complexity index is 1220. The minimum Gasteiger partial charge on any atom is -0.381 e. The Morgan fingerprint density at radius 3 is 2.53 bits per heavy atom. The Labute approximate surface area is 208 Å². The van der Waals surface area contributed by atoms with E-state index in [1.54, 1.807) is 36.1 Å². The molecule has 2 aliphatic heterocycles. The smallest absolute Gasteiger partial charge is 0.381 e. The zero-order chi connectivity index (χ0) is 24.9. The Balaban J connectivity index is 1.14. The number of hydrogen-bond acceptors (Lipinski definition) is 6. The van der Waals surface area contributed by atoms with Crippen LogP contribution in [0, 0.1) is 17.8 Å². The molecule has 3 atom stereocenters. The van der Waals surface area contributed by atoms with E-state index in [9.17, 15) is 13.2 Å². The molecule has 6 rings (SSSR count). The maximum Gasteiger partial charge on any atom is 0.418 e. The van der Waals surface area contributed by atoms with Crippen LogP contribution < -0.4 is 5.32 Å². The molecule has 2 aromatic heterocycles. The molecule has 0 spiro atoms. The fourth-order valence-electron chi connectivity index (χ4n) is 6.36. The van der Waals surface area contributed by atoms with E-state index in [1.165, 1.54) is 0 Å². The van der Waals surface area contributed by atoms with Crippen LogP contribution in [0.3, 0.4) is 0 Å². The normalized spacial score (nSPS) is 25.5. The molecule has 10 heteroatoms. The van der Waals surface area contributed by atoms with Gasteiger partial charge in [-0.2, -0.15) is 18.3 Å². The van der Waals surface area contributed by atoms with Crippen molar-refractivity contribution in [3.8, 4) is 11.3 Å². The average molecular weight is 501 g/mol. The second kappa shape index (κ2) is 9.30. The molecule has 2 saturated heterocycles. The van der Waals surface area contributed by atoms with Crippen molar-refractivity contribution in [2.24, 2.45) is 24.8 Å². The van der Waals surface area contributed by atoms with E-state index < -0.39 is 11.7 Å². The summed E-state index contributed by atoms with van der Waals surface area (Å²) >= 11 is 0. The van der Waals surface area contributed by atoms with Gasteiger partial charge in [-0.15, -0.1) is 10.2 Å². The monoisotopic (exact) mass is 500 g/mol. The van der Waals surface area contributed by atoms with Gasteiger partial charge in [0, 0.05) is 63.1 Å². The van der Waals surface area contributed by atoms with Crippen LogP contribution in [-0.2, 0) is 18.0 Å². The van der Waals surface area contributed by atoms with Crippen molar-refractivity contribution in [3.63, 3.8) is 0 Å². The number of anilines is 1. The van der Waals surface area contributed by atoms with Crippen molar-refractivity contribution >= 4 is 16.7 Å². The van der Waals surface area contributed by atoms with Gasteiger partial charge in [0.05, 0.1) is 11.1 Å². The minimum atomic E-state index is -4.54.